The third kappa shape index (κ3) is 3.96. The molecule has 0 aliphatic rings. The molecule has 0 amide bonds. The highest BCUT2D eigenvalue weighted by molar-refractivity contribution is 5.90. The molecule has 0 heterocycles. The van der Waals surface area contributed by atoms with Crippen molar-refractivity contribution in [1.29, 1.82) is 0 Å². The van der Waals surface area contributed by atoms with Crippen molar-refractivity contribution in [3.05, 3.63) is 191 Å². The normalized spacial score (nSPS) is 12.4. The molecule has 0 bridgehead atoms. The van der Waals surface area contributed by atoms with E-state index < -0.39 is 5.41 Å². The summed E-state index contributed by atoms with van der Waals surface area (Å²) in [5.41, 5.74) is 7.33. The third-order valence-electron chi connectivity index (χ3n) is 7.74. The van der Waals surface area contributed by atoms with Crippen molar-refractivity contribution in [3.63, 3.8) is 0 Å². The van der Waals surface area contributed by atoms with E-state index in [2.05, 4.69) is 165 Å². The summed E-state index contributed by atoms with van der Waals surface area (Å²) in [5, 5.41) is 2.62. The second-order valence-electron chi connectivity index (χ2n) is 9.77. The lowest BCUT2D eigenvalue weighted by atomic mass is 9.57. The monoisotopic (exact) mass is 474 g/mol. The molecule has 37 heavy (non-hydrogen) atoms. The minimum absolute atomic E-state index is 0.0337. The van der Waals surface area contributed by atoms with E-state index in [9.17, 15) is 0 Å². The Hall–Kier alpha value is -4.42. The topological polar surface area (TPSA) is 0 Å². The van der Waals surface area contributed by atoms with Gasteiger partial charge in [0.25, 0.3) is 0 Å². The average molecular weight is 475 g/mol. The molecule has 0 nitrogen and oxygen atoms in total. The fraction of sp³-hybridized carbons (Fsp3) is 0.0811. The van der Waals surface area contributed by atoms with E-state index in [0.29, 0.717) is 0 Å². The van der Waals surface area contributed by atoms with E-state index in [1.807, 2.05) is 0 Å². The van der Waals surface area contributed by atoms with Crippen LogP contribution in [0.4, 0.5) is 0 Å². The molecule has 6 aromatic carbocycles. The second kappa shape index (κ2) is 9.91. The number of rotatable bonds is 6. The third-order valence-corrected chi connectivity index (χ3v) is 7.74. The van der Waals surface area contributed by atoms with E-state index >= 15 is 0 Å². The van der Waals surface area contributed by atoms with E-state index in [4.69, 9.17) is 0 Å². The van der Waals surface area contributed by atoms with Gasteiger partial charge < -0.3 is 0 Å². The van der Waals surface area contributed by atoms with Gasteiger partial charge in [-0.25, -0.2) is 0 Å². The van der Waals surface area contributed by atoms with Gasteiger partial charge in [0.15, 0.2) is 0 Å². The van der Waals surface area contributed by atoms with Crippen molar-refractivity contribution >= 4 is 10.8 Å². The van der Waals surface area contributed by atoms with E-state index in [-0.39, 0.29) is 5.92 Å². The van der Waals surface area contributed by atoms with Crippen LogP contribution in [0.2, 0.25) is 0 Å². The predicted octanol–water partition coefficient (Wildman–Crippen LogP) is 9.31. The standard InChI is InChI=1S/C37H30/c1-28-26-27-35(34-25-15-14-24-33(28)34)36(29-16-6-2-7-17-29)37(30-18-8-3-9-19-30,31-20-10-4-11-21-31)32-22-12-5-13-23-32/h2-27,36H,1H3/t36-/m0/s1. The molecule has 0 saturated carbocycles. The van der Waals surface area contributed by atoms with E-state index in [0.717, 1.165) is 0 Å². The molecule has 6 rings (SSSR count). The molecular weight excluding hydrogens is 444 g/mol. The molecule has 0 unspecified atom stereocenters. The molecule has 0 radical (unpaired) electrons. The lowest BCUT2D eigenvalue weighted by Gasteiger charge is -2.44. The van der Waals surface area contributed by atoms with Crippen LogP contribution in [0, 0.1) is 6.92 Å². The summed E-state index contributed by atoms with van der Waals surface area (Å²) < 4.78 is 0. The molecule has 0 aliphatic carbocycles. The zero-order valence-corrected chi connectivity index (χ0v) is 21.1. The van der Waals surface area contributed by atoms with Crippen molar-refractivity contribution in [2.45, 2.75) is 18.3 Å². The zero-order valence-electron chi connectivity index (χ0n) is 21.1. The van der Waals surface area contributed by atoms with E-state index in [1.165, 1.54) is 44.2 Å². The summed E-state index contributed by atoms with van der Waals surface area (Å²) in [4.78, 5) is 0. The Kier molecular flexibility index (Phi) is 6.16. The highest BCUT2D eigenvalue weighted by Gasteiger charge is 2.45. The Bertz CT molecular complexity index is 1500. The highest BCUT2D eigenvalue weighted by atomic mass is 14.5. The van der Waals surface area contributed by atoms with Crippen molar-refractivity contribution in [3.8, 4) is 0 Å². The van der Waals surface area contributed by atoms with Crippen LogP contribution in [0.3, 0.4) is 0 Å². The number of benzene rings is 6. The Morgan fingerprint density at radius 2 is 0.811 bits per heavy atom. The minimum Gasteiger partial charge on any atom is -0.0622 e. The van der Waals surface area contributed by atoms with Gasteiger partial charge in [-0.05, 0) is 51.1 Å². The van der Waals surface area contributed by atoms with Gasteiger partial charge in [0.05, 0.1) is 5.41 Å². The van der Waals surface area contributed by atoms with Crippen LogP contribution < -0.4 is 0 Å². The average Bonchev–Trinajstić information content (AvgIpc) is 2.99. The number of hydrogen-bond donors (Lipinski definition) is 0. The number of fused-ring (bicyclic) bond motifs is 1. The van der Waals surface area contributed by atoms with Gasteiger partial charge in [-0.15, -0.1) is 0 Å². The quantitative estimate of drug-likeness (QED) is 0.211. The first-order chi connectivity index (χ1) is 18.3. The Morgan fingerprint density at radius 3 is 1.30 bits per heavy atom. The molecule has 0 spiro atoms. The lowest BCUT2D eigenvalue weighted by Crippen LogP contribution is -2.37. The molecule has 6 aromatic rings. The van der Waals surface area contributed by atoms with Crippen LogP contribution in [0.15, 0.2) is 158 Å². The Labute approximate surface area is 219 Å². The summed E-state index contributed by atoms with van der Waals surface area (Å²) in [5.74, 6) is 0.0337. The summed E-state index contributed by atoms with van der Waals surface area (Å²) in [6.45, 7) is 2.21. The summed E-state index contributed by atoms with van der Waals surface area (Å²) in [6.07, 6.45) is 0. The second-order valence-corrected chi connectivity index (χ2v) is 9.77. The summed E-state index contributed by atoms with van der Waals surface area (Å²) >= 11 is 0. The lowest BCUT2D eigenvalue weighted by molar-refractivity contribution is 0.540. The molecular formula is C37H30. The van der Waals surface area contributed by atoms with E-state index in [1.54, 1.807) is 0 Å². The first-order valence-electron chi connectivity index (χ1n) is 13.0. The Morgan fingerprint density at radius 1 is 0.405 bits per heavy atom. The van der Waals surface area contributed by atoms with Crippen molar-refractivity contribution < 1.29 is 0 Å². The summed E-state index contributed by atoms with van der Waals surface area (Å²) in [6, 6.07) is 57.7. The van der Waals surface area contributed by atoms with Gasteiger partial charge in [0.1, 0.15) is 0 Å². The predicted molar refractivity (Wildman–Crippen MR) is 156 cm³/mol. The maximum atomic E-state index is 2.36. The van der Waals surface area contributed by atoms with Gasteiger partial charge in [0.2, 0.25) is 0 Å². The fourth-order valence-electron chi connectivity index (χ4n) is 6.14. The van der Waals surface area contributed by atoms with Crippen molar-refractivity contribution in [2.24, 2.45) is 0 Å². The largest absolute Gasteiger partial charge is 0.0622 e. The van der Waals surface area contributed by atoms with Gasteiger partial charge in [0, 0.05) is 5.92 Å². The van der Waals surface area contributed by atoms with Crippen LogP contribution in [0.1, 0.15) is 39.3 Å². The maximum Gasteiger partial charge on any atom is 0.0560 e. The molecule has 0 heteroatoms. The van der Waals surface area contributed by atoms with Crippen LogP contribution in [0.5, 0.6) is 0 Å². The van der Waals surface area contributed by atoms with Gasteiger partial charge in [-0.3, -0.25) is 0 Å². The van der Waals surface area contributed by atoms with Gasteiger partial charge in [-0.2, -0.15) is 0 Å². The van der Waals surface area contributed by atoms with Crippen LogP contribution in [0.25, 0.3) is 10.8 Å². The number of aryl methyl sites for hydroxylation is 1. The van der Waals surface area contributed by atoms with Crippen molar-refractivity contribution in [1.82, 2.24) is 0 Å². The molecule has 1 atom stereocenters. The first kappa shape index (κ1) is 23.0. The molecule has 178 valence electrons. The number of hydrogen-bond acceptors (Lipinski definition) is 0. The highest BCUT2D eigenvalue weighted by Crippen LogP contribution is 2.53. The smallest absolute Gasteiger partial charge is 0.0560 e. The Balaban J connectivity index is 1.82. The van der Waals surface area contributed by atoms with Gasteiger partial charge >= 0.3 is 0 Å². The summed E-state index contributed by atoms with van der Waals surface area (Å²) in [7, 11) is 0. The van der Waals surface area contributed by atoms with Crippen LogP contribution >= 0.6 is 0 Å². The molecule has 0 saturated heterocycles. The molecule has 0 aromatic heterocycles. The minimum atomic E-state index is -0.455. The zero-order chi connectivity index (χ0) is 25.1. The molecule has 0 aliphatic heterocycles. The van der Waals surface area contributed by atoms with Crippen LogP contribution in [-0.2, 0) is 5.41 Å². The van der Waals surface area contributed by atoms with Crippen LogP contribution in [-0.4, -0.2) is 0 Å². The van der Waals surface area contributed by atoms with Crippen molar-refractivity contribution in [2.75, 3.05) is 0 Å². The maximum absolute atomic E-state index is 2.36. The molecule has 0 N–H and O–H groups in total. The van der Waals surface area contributed by atoms with Gasteiger partial charge in [-0.1, -0.05) is 158 Å². The molecule has 0 fully saturated rings. The fourth-order valence-corrected chi connectivity index (χ4v) is 6.14. The first-order valence-corrected chi connectivity index (χ1v) is 13.0. The SMILES string of the molecule is Cc1ccc([C@H](c2ccccc2)C(c2ccccc2)(c2ccccc2)c2ccccc2)c2ccccc12.